The van der Waals surface area contributed by atoms with Gasteiger partial charge in [0.2, 0.25) is 5.78 Å². The third-order valence-corrected chi connectivity index (χ3v) is 4.37. The van der Waals surface area contributed by atoms with Crippen LogP contribution in [-0.4, -0.2) is 22.6 Å². The van der Waals surface area contributed by atoms with Crippen LogP contribution in [0.25, 0.3) is 0 Å². The number of carbonyl (C=O) groups is 2. The van der Waals surface area contributed by atoms with Crippen LogP contribution >= 0.6 is 11.8 Å². The smallest absolute Gasteiger partial charge is 0.307 e. The van der Waals surface area contributed by atoms with Crippen molar-refractivity contribution < 1.29 is 19.1 Å². The highest BCUT2D eigenvalue weighted by atomic mass is 32.2. The number of hydrogen-bond donors (Lipinski definition) is 1. The van der Waals surface area contributed by atoms with Crippen LogP contribution in [-0.2, 0) is 17.6 Å². The Kier molecular flexibility index (Phi) is 3.36. The normalized spacial score (nSPS) is 13.2. The first-order chi connectivity index (χ1) is 9.65. The minimum atomic E-state index is -0.896. The van der Waals surface area contributed by atoms with Gasteiger partial charge in [-0.1, -0.05) is 6.07 Å². The molecule has 1 N–H and O–H groups in total. The maximum atomic E-state index is 12.5. The highest BCUT2D eigenvalue weighted by Crippen LogP contribution is 2.36. The van der Waals surface area contributed by atoms with Crippen molar-refractivity contribution >= 4 is 23.5 Å². The van der Waals surface area contributed by atoms with Crippen molar-refractivity contribution in [2.75, 3.05) is 5.75 Å². The molecule has 2 heterocycles. The summed E-state index contributed by atoms with van der Waals surface area (Å²) in [6.45, 7) is 0. The number of aryl methyl sites for hydroxylation is 1. The molecular formula is C15H12O4S. The summed E-state index contributed by atoms with van der Waals surface area (Å²) in [4.78, 5) is 24.3. The summed E-state index contributed by atoms with van der Waals surface area (Å²) in [6, 6.07) is 6.86. The highest BCUT2D eigenvalue weighted by Gasteiger charge is 2.23. The Morgan fingerprint density at radius 3 is 2.90 bits per heavy atom. The van der Waals surface area contributed by atoms with Crippen LogP contribution in [0.1, 0.15) is 27.2 Å². The van der Waals surface area contributed by atoms with E-state index in [1.54, 1.807) is 30.0 Å². The molecule has 0 fully saturated rings. The molecule has 0 saturated heterocycles. The van der Waals surface area contributed by atoms with Crippen molar-refractivity contribution in [1.29, 1.82) is 0 Å². The maximum absolute atomic E-state index is 12.5. The van der Waals surface area contributed by atoms with E-state index in [0.29, 0.717) is 11.1 Å². The van der Waals surface area contributed by atoms with Crippen molar-refractivity contribution in [3.63, 3.8) is 0 Å². The maximum Gasteiger partial charge on any atom is 0.307 e. The molecule has 0 aliphatic carbocycles. The molecule has 4 nitrogen and oxygen atoms in total. The van der Waals surface area contributed by atoms with Gasteiger partial charge < -0.3 is 9.52 Å². The molecule has 0 amide bonds. The van der Waals surface area contributed by atoms with Gasteiger partial charge in [-0.25, -0.2) is 0 Å². The predicted molar refractivity (Wildman–Crippen MR) is 74.4 cm³/mol. The Balaban J connectivity index is 2.07. The molecule has 0 bridgehead atoms. The number of carboxylic acids is 1. The zero-order chi connectivity index (χ0) is 14.1. The highest BCUT2D eigenvalue weighted by molar-refractivity contribution is 7.99. The molecule has 0 spiro atoms. The number of carboxylic acid groups (broad SMARTS) is 1. The van der Waals surface area contributed by atoms with Crippen molar-refractivity contribution in [3.8, 4) is 0 Å². The minimum absolute atomic E-state index is 0.0730. The fourth-order valence-electron chi connectivity index (χ4n) is 2.36. The Morgan fingerprint density at radius 1 is 1.35 bits per heavy atom. The molecule has 102 valence electrons. The number of ketones is 1. The summed E-state index contributed by atoms with van der Waals surface area (Å²) in [7, 11) is 0. The molecule has 1 aromatic carbocycles. The number of thioether (sulfide) groups is 1. The third kappa shape index (κ3) is 2.36. The fourth-order valence-corrected chi connectivity index (χ4v) is 3.54. The number of carbonyl (C=O) groups excluding carboxylic acids is 1. The lowest BCUT2D eigenvalue weighted by atomic mass is 9.99. The first kappa shape index (κ1) is 13.0. The lowest BCUT2D eigenvalue weighted by Gasteiger charge is -2.08. The number of hydrogen-bond acceptors (Lipinski definition) is 4. The second kappa shape index (κ2) is 5.17. The quantitative estimate of drug-likeness (QED) is 0.876. The largest absolute Gasteiger partial charge is 0.481 e. The van der Waals surface area contributed by atoms with Crippen LogP contribution in [0.4, 0.5) is 0 Å². The molecule has 0 saturated carbocycles. The first-order valence-corrected chi connectivity index (χ1v) is 7.22. The van der Waals surface area contributed by atoms with Crippen LogP contribution < -0.4 is 0 Å². The Labute approximate surface area is 119 Å². The van der Waals surface area contributed by atoms with Gasteiger partial charge in [0.05, 0.1) is 12.7 Å². The topological polar surface area (TPSA) is 67.5 Å². The number of furan rings is 1. The molecular weight excluding hydrogens is 276 g/mol. The van der Waals surface area contributed by atoms with E-state index < -0.39 is 5.97 Å². The predicted octanol–water partition coefficient (Wildman–Crippen LogP) is 2.79. The van der Waals surface area contributed by atoms with Crippen LogP contribution in [0.15, 0.2) is 39.8 Å². The molecule has 0 atom stereocenters. The van der Waals surface area contributed by atoms with Crippen molar-refractivity contribution in [3.05, 3.63) is 53.0 Å². The van der Waals surface area contributed by atoms with E-state index in [1.165, 1.54) is 6.26 Å². The van der Waals surface area contributed by atoms with E-state index in [9.17, 15) is 9.59 Å². The lowest BCUT2D eigenvalue weighted by Crippen LogP contribution is -2.06. The van der Waals surface area contributed by atoms with E-state index in [0.717, 1.165) is 22.6 Å². The van der Waals surface area contributed by atoms with Gasteiger partial charge in [-0.15, -0.1) is 11.8 Å². The molecule has 5 heteroatoms. The number of fused-ring (bicyclic) bond motifs is 1. The van der Waals surface area contributed by atoms with E-state index in [4.69, 9.17) is 9.52 Å². The van der Waals surface area contributed by atoms with E-state index >= 15 is 0 Å². The molecule has 0 radical (unpaired) electrons. The van der Waals surface area contributed by atoms with Crippen molar-refractivity contribution in [2.45, 2.75) is 17.7 Å². The van der Waals surface area contributed by atoms with Crippen LogP contribution in [0.3, 0.4) is 0 Å². The monoisotopic (exact) mass is 288 g/mol. The molecule has 1 aromatic heterocycles. The fraction of sp³-hybridized carbons (Fsp3) is 0.200. The molecule has 0 unspecified atom stereocenters. The summed E-state index contributed by atoms with van der Waals surface area (Å²) in [6.07, 6.45) is 2.25. The number of aliphatic carboxylic acids is 1. The Hall–Kier alpha value is -2.01. The summed E-state index contributed by atoms with van der Waals surface area (Å²) in [5.41, 5.74) is 2.27. The lowest BCUT2D eigenvalue weighted by molar-refractivity contribution is -0.136. The van der Waals surface area contributed by atoms with Crippen LogP contribution in [0.5, 0.6) is 0 Å². The van der Waals surface area contributed by atoms with E-state index in [1.807, 2.05) is 6.07 Å². The van der Waals surface area contributed by atoms with E-state index in [-0.39, 0.29) is 18.0 Å². The van der Waals surface area contributed by atoms with Crippen molar-refractivity contribution in [1.82, 2.24) is 0 Å². The van der Waals surface area contributed by atoms with Gasteiger partial charge in [-0.05, 0) is 35.7 Å². The third-order valence-electron chi connectivity index (χ3n) is 3.19. The van der Waals surface area contributed by atoms with Gasteiger partial charge in [-0.3, -0.25) is 9.59 Å². The molecule has 1 aliphatic heterocycles. The average Bonchev–Trinajstić information content (AvgIpc) is 3.07. The van der Waals surface area contributed by atoms with E-state index in [2.05, 4.69) is 0 Å². The second-order valence-electron chi connectivity index (χ2n) is 4.61. The molecule has 1 aliphatic rings. The standard InChI is InChI=1S/C15H12O4S/c16-13(17)8-9-6-10-3-5-20-15(10)11(7-9)14(18)12-2-1-4-19-12/h1-2,4,6-7H,3,5,8H2,(H,16,17). The van der Waals surface area contributed by atoms with Crippen LogP contribution in [0, 0.1) is 0 Å². The summed E-state index contributed by atoms with van der Waals surface area (Å²) in [5.74, 6) is 0.122. The van der Waals surface area contributed by atoms with Gasteiger partial charge in [0.25, 0.3) is 0 Å². The summed E-state index contributed by atoms with van der Waals surface area (Å²) >= 11 is 1.64. The van der Waals surface area contributed by atoms with Gasteiger partial charge in [0, 0.05) is 16.2 Å². The molecule has 3 rings (SSSR count). The van der Waals surface area contributed by atoms with Gasteiger partial charge in [-0.2, -0.15) is 0 Å². The average molecular weight is 288 g/mol. The second-order valence-corrected chi connectivity index (χ2v) is 5.71. The van der Waals surface area contributed by atoms with Gasteiger partial charge in [0.1, 0.15) is 0 Å². The molecule has 2 aromatic rings. The SMILES string of the molecule is O=C(O)Cc1cc2c(c(C(=O)c3ccco3)c1)SCC2. The first-order valence-electron chi connectivity index (χ1n) is 6.24. The number of benzene rings is 1. The molecule has 20 heavy (non-hydrogen) atoms. The van der Waals surface area contributed by atoms with Crippen molar-refractivity contribution in [2.24, 2.45) is 0 Å². The van der Waals surface area contributed by atoms with Crippen LogP contribution in [0.2, 0.25) is 0 Å². The minimum Gasteiger partial charge on any atom is -0.481 e. The van der Waals surface area contributed by atoms with Gasteiger partial charge >= 0.3 is 5.97 Å². The zero-order valence-electron chi connectivity index (χ0n) is 10.6. The summed E-state index contributed by atoms with van der Waals surface area (Å²) < 4.78 is 5.16. The Morgan fingerprint density at radius 2 is 2.20 bits per heavy atom. The Bertz CT molecular complexity index is 673. The summed E-state index contributed by atoms with van der Waals surface area (Å²) in [5, 5.41) is 8.92. The number of rotatable bonds is 4. The van der Waals surface area contributed by atoms with Gasteiger partial charge in [0.15, 0.2) is 5.76 Å². The zero-order valence-corrected chi connectivity index (χ0v) is 11.4.